The number of nitrogens with one attached hydrogen (secondary N) is 1. The molecule has 2 aliphatic rings. The molecule has 2 amide bonds. The minimum atomic E-state index is -0.684. The number of pyridine rings is 1. The molecule has 1 aromatic carbocycles. The highest BCUT2D eigenvalue weighted by Crippen LogP contribution is 2.52. The zero-order valence-electron chi connectivity index (χ0n) is 14.3. The predicted molar refractivity (Wildman–Crippen MR) is 100 cm³/mol. The number of halogens is 1. The molecule has 1 unspecified atom stereocenters. The van der Waals surface area contributed by atoms with E-state index in [0.29, 0.717) is 10.9 Å². The zero-order valence-corrected chi connectivity index (χ0v) is 15.1. The number of aromatic nitrogens is 1. The van der Waals surface area contributed by atoms with Crippen LogP contribution in [0.5, 0.6) is 5.88 Å². The van der Waals surface area contributed by atoms with E-state index in [0.717, 1.165) is 24.1 Å². The third-order valence-electron chi connectivity index (χ3n) is 4.84. The lowest BCUT2D eigenvalue weighted by Crippen LogP contribution is -2.53. The van der Waals surface area contributed by atoms with Gasteiger partial charge in [0.1, 0.15) is 5.54 Å². The number of benzene rings is 1. The highest BCUT2D eigenvalue weighted by molar-refractivity contribution is 6.30. The predicted octanol–water partition coefficient (Wildman–Crippen LogP) is 3.90. The molecule has 0 bridgehead atoms. The number of urea groups is 1. The molecule has 2 heterocycles. The molecule has 1 aliphatic heterocycles. The second kappa shape index (κ2) is 6.54. The number of hydrogen-bond acceptors (Lipinski definition) is 3. The van der Waals surface area contributed by atoms with Crippen molar-refractivity contribution < 1.29 is 9.53 Å². The van der Waals surface area contributed by atoms with Crippen LogP contribution in [0.3, 0.4) is 0 Å². The largest absolute Gasteiger partial charge is 0.464 e. The van der Waals surface area contributed by atoms with Crippen LogP contribution >= 0.6 is 11.6 Å². The van der Waals surface area contributed by atoms with Crippen LogP contribution in [0.2, 0.25) is 5.02 Å². The number of carbonyl (C=O) groups excluding carboxylic acids is 1. The average molecular weight is 368 g/mol. The molecule has 26 heavy (non-hydrogen) atoms. The molecule has 5 nitrogen and oxygen atoms in total. The minimum Gasteiger partial charge on any atom is -0.464 e. The lowest BCUT2D eigenvalue weighted by molar-refractivity contribution is 0.160. The Balaban J connectivity index is 1.69. The monoisotopic (exact) mass is 367 g/mol. The number of amides is 2. The van der Waals surface area contributed by atoms with Gasteiger partial charge >= 0.3 is 6.03 Å². The SMILES string of the molecule is CN1C(=O)Nc2ccc(Cl)cc2C1(C#CCOc1ccccn1)C1CC1. The van der Waals surface area contributed by atoms with Crippen molar-refractivity contribution in [3.8, 4) is 17.7 Å². The molecule has 1 aromatic heterocycles. The number of ether oxygens (including phenoxy) is 1. The molecule has 132 valence electrons. The molecule has 0 saturated heterocycles. The smallest absolute Gasteiger partial charge is 0.323 e. The van der Waals surface area contributed by atoms with E-state index in [9.17, 15) is 4.79 Å². The summed E-state index contributed by atoms with van der Waals surface area (Å²) in [5.41, 5.74) is 1.03. The van der Waals surface area contributed by atoms with E-state index in [-0.39, 0.29) is 18.6 Å². The molecule has 6 heteroatoms. The van der Waals surface area contributed by atoms with E-state index >= 15 is 0 Å². The summed E-state index contributed by atoms with van der Waals surface area (Å²) in [6.07, 6.45) is 3.73. The number of nitrogens with zero attached hydrogens (tertiary/aromatic N) is 2. The molecular weight excluding hydrogens is 350 g/mol. The maximum atomic E-state index is 12.5. The van der Waals surface area contributed by atoms with Gasteiger partial charge in [-0.05, 0) is 43.0 Å². The van der Waals surface area contributed by atoms with Gasteiger partial charge in [0.2, 0.25) is 5.88 Å². The van der Waals surface area contributed by atoms with Gasteiger partial charge in [-0.3, -0.25) is 0 Å². The summed E-state index contributed by atoms with van der Waals surface area (Å²) < 4.78 is 5.59. The maximum Gasteiger partial charge on any atom is 0.323 e. The van der Waals surface area contributed by atoms with Crippen molar-refractivity contribution in [3.63, 3.8) is 0 Å². The van der Waals surface area contributed by atoms with Crippen LogP contribution in [0, 0.1) is 17.8 Å². The van der Waals surface area contributed by atoms with Crippen LogP contribution in [0.4, 0.5) is 10.5 Å². The minimum absolute atomic E-state index is 0.160. The Labute approximate surface area is 157 Å². The highest BCUT2D eigenvalue weighted by Gasteiger charge is 2.53. The third kappa shape index (κ3) is 2.87. The number of rotatable bonds is 3. The van der Waals surface area contributed by atoms with Gasteiger partial charge in [0.05, 0.1) is 0 Å². The van der Waals surface area contributed by atoms with Gasteiger partial charge in [-0.1, -0.05) is 29.5 Å². The second-order valence-corrected chi connectivity index (χ2v) is 6.91. The van der Waals surface area contributed by atoms with Gasteiger partial charge in [-0.25, -0.2) is 9.78 Å². The first-order chi connectivity index (χ1) is 12.6. The Kier molecular flexibility index (Phi) is 4.21. The lowest BCUT2D eigenvalue weighted by atomic mass is 9.81. The quantitative estimate of drug-likeness (QED) is 0.837. The molecule has 4 rings (SSSR count). The summed E-state index contributed by atoms with van der Waals surface area (Å²) in [6.45, 7) is 0.205. The van der Waals surface area contributed by atoms with Gasteiger partial charge < -0.3 is 15.0 Å². The van der Waals surface area contributed by atoms with Crippen LogP contribution in [0.15, 0.2) is 42.6 Å². The van der Waals surface area contributed by atoms with Crippen molar-refractivity contribution >= 4 is 23.3 Å². The van der Waals surface area contributed by atoms with Crippen molar-refractivity contribution in [1.29, 1.82) is 0 Å². The normalized spacial score (nSPS) is 21.3. The summed E-state index contributed by atoms with van der Waals surface area (Å²) in [4.78, 5) is 18.3. The first kappa shape index (κ1) is 16.7. The van der Waals surface area contributed by atoms with E-state index < -0.39 is 5.54 Å². The Hall–Kier alpha value is -2.71. The summed E-state index contributed by atoms with van der Waals surface area (Å²) in [6, 6.07) is 10.8. The van der Waals surface area contributed by atoms with Crippen molar-refractivity contribution in [2.24, 2.45) is 5.92 Å². The van der Waals surface area contributed by atoms with Crippen LogP contribution in [0.25, 0.3) is 0 Å². The van der Waals surface area contributed by atoms with Gasteiger partial charge in [0.25, 0.3) is 0 Å². The first-order valence-electron chi connectivity index (χ1n) is 8.50. The van der Waals surface area contributed by atoms with E-state index in [1.165, 1.54) is 0 Å². The van der Waals surface area contributed by atoms with Crippen molar-refractivity contribution in [2.45, 2.75) is 18.4 Å². The number of fused-ring (bicyclic) bond motifs is 1. The Bertz CT molecular complexity index is 902. The van der Waals surface area contributed by atoms with E-state index in [1.54, 1.807) is 30.3 Å². The third-order valence-corrected chi connectivity index (χ3v) is 5.08. The van der Waals surface area contributed by atoms with Crippen molar-refractivity contribution in [2.75, 3.05) is 19.0 Å². The highest BCUT2D eigenvalue weighted by atomic mass is 35.5. The van der Waals surface area contributed by atoms with Gasteiger partial charge in [-0.15, -0.1) is 0 Å². The van der Waals surface area contributed by atoms with Crippen LogP contribution < -0.4 is 10.1 Å². The Morgan fingerprint density at radius 2 is 2.23 bits per heavy atom. The summed E-state index contributed by atoms with van der Waals surface area (Å²) in [5, 5.41) is 3.54. The molecule has 1 atom stereocenters. The standard InChI is InChI=1S/C20H18ClN3O2/c1-24-19(25)23-17-9-8-15(21)13-16(17)20(24,14-6-7-14)10-4-12-26-18-5-2-3-11-22-18/h2-3,5,8-9,11,13-14H,6-7,12H2,1H3,(H,23,25). The zero-order chi connectivity index (χ0) is 18.1. The molecule has 1 N–H and O–H groups in total. The Morgan fingerprint density at radius 3 is 2.96 bits per heavy atom. The number of hydrogen-bond donors (Lipinski definition) is 1. The molecule has 1 aliphatic carbocycles. The first-order valence-corrected chi connectivity index (χ1v) is 8.88. The van der Waals surface area contributed by atoms with Crippen LogP contribution in [-0.4, -0.2) is 29.6 Å². The summed E-state index contributed by atoms with van der Waals surface area (Å²) >= 11 is 6.24. The summed E-state index contributed by atoms with van der Waals surface area (Å²) in [5.74, 6) is 7.25. The molecule has 1 saturated carbocycles. The van der Waals surface area contributed by atoms with Crippen LogP contribution in [0.1, 0.15) is 18.4 Å². The van der Waals surface area contributed by atoms with Gasteiger partial charge in [0.15, 0.2) is 6.61 Å². The Morgan fingerprint density at radius 1 is 1.38 bits per heavy atom. The fourth-order valence-electron chi connectivity index (χ4n) is 3.44. The number of anilines is 1. The van der Waals surface area contributed by atoms with Crippen molar-refractivity contribution in [1.82, 2.24) is 9.88 Å². The van der Waals surface area contributed by atoms with E-state index in [1.807, 2.05) is 24.3 Å². The molecule has 2 aromatic rings. The van der Waals surface area contributed by atoms with E-state index in [4.69, 9.17) is 16.3 Å². The fourth-order valence-corrected chi connectivity index (χ4v) is 3.61. The lowest BCUT2D eigenvalue weighted by Gasteiger charge is -2.43. The molecule has 0 spiro atoms. The summed E-state index contributed by atoms with van der Waals surface area (Å²) in [7, 11) is 1.78. The van der Waals surface area contributed by atoms with Gasteiger partial charge in [0, 0.05) is 35.6 Å². The molecule has 1 fully saturated rings. The second-order valence-electron chi connectivity index (χ2n) is 6.48. The maximum absolute atomic E-state index is 12.5. The van der Waals surface area contributed by atoms with E-state index in [2.05, 4.69) is 22.1 Å². The van der Waals surface area contributed by atoms with Crippen molar-refractivity contribution in [3.05, 3.63) is 53.2 Å². The van der Waals surface area contributed by atoms with Gasteiger partial charge in [-0.2, -0.15) is 0 Å². The topological polar surface area (TPSA) is 54.5 Å². The molecular formula is C20H18ClN3O2. The van der Waals surface area contributed by atoms with Crippen LogP contribution in [-0.2, 0) is 5.54 Å². The molecule has 0 radical (unpaired) electrons. The number of carbonyl (C=O) groups is 1. The average Bonchev–Trinajstić information content (AvgIpc) is 3.49. The fraction of sp³-hybridized carbons (Fsp3) is 0.300.